The van der Waals surface area contributed by atoms with Crippen molar-refractivity contribution in [1.82, 2.24) is 9.66 Å². The van der Waals surface area contributed by atoms with Crippen molar-refractivity contribution in [2.45, 2.75) is 0 Å². The van der Waals surface area contributed by atoms with Gasteiger partial charge in [-0.2, -0.15) is 9.78 Å². The van der Waals surface area contributed by atoms with Crippen molar-refractivity contribution in [3.63, 3.8) is 0 Å². The molecule has 6 heteroatoms. The zero-order valence-electron chi connectivity index (χ0n) is 14.0. The van der Waals surface area contributed by atoms with E-state index < -0.39 is 0 Å². The number of furan rings is 1. The molecule has 0 atom stereocenters. The smallest absolute Gasteiger partial charge is 0.282 e. The second-order valence-corrected chi connectivity index (χ2v) is 5.53. The van der Waals surface area contributed by atoms with E-state index in [0.29, 0.717) is 28.2 Å². The predicted molar refractivity (Wildman–Crippen MR) is 99.7 cm³/mol. The fourth-order valence-corrected chi connectivity index (χ4v) is 2.69. The Balaban J connectivity index is 1.93. The van der Waals surface area contributed by atoms with Crippen molar-refractivity contribution in [2.24, 2.45) is 5.10 Å². The molecule has 0 radical (unpaired) electrons. The van der Waals surface area contributed by atoms with Gasteiger partial charge in [-0.25, -0.2) is 4.98 Å². The monoisotopic (exact) mass is 345 g/mol. The molecule has 0 aliphatic rings. The molecule has 0 saturated heterocycles. The molecular formula is C20H15N3O3. The normalized spacial score (nSPS) is 11.3. The Morgan fingerprint density at radius 3 is 2.69 bits per heavy atom. The Hall–Kier alpha value is -3.67. The van der Waals surface area contributed by atoms with E-state index in [1.54, 1.807) is 43.7 Å². The van der Waals surface area contributed by atoms with E-state index in [-0.39, 0.29) is 5.56 Å². The molecule has 0 aliphatic heterocycles. The second-order valence-electron chi connectivity index (χ2n) is 5.53. The Labute approximate surface area is 149 Å². The van der Waals surface area contributed by atoms with Gasteiger partial charge < -0.3 is 9.15 Å². The highest BCUT2D eigenvalue weighted by molar-refractivity contribution is 5.84. The maximum atomic E-state index is 13.0. The number of aromatic nitrogens is 2. The summed E-state index contributed by atoms with van der Waals surface area (Å²) in [7, 11) is 1.59. The minimum atomic E-state index is -0.270. The van der Waals surface area contributed by atoms with Crippen molar-refractivity contribution >= 4 is 17.1 Å². The molecule has 2 aromatic carbocycles. The van der Waals surface area contributed by atoms with Gasteiger partial charge in [0.15, 0.2) is 5.76 Å². The van der Waals surface area contributed by atoms with Gasteiger partial charge >= 0.3 is 0 Å². The molecule has 0 N–H and O–H groups in total. The lowest BCUT2D eigenvalue weighted by atomic mass is 10.2. The van der Waals surface area contributed by atoms with Crippen LogP contribution in [0.25, 0.3) is 22.5 Å². The zero-order chi connectivity index (χ0) is 17.9. The van der Waals surface area contributed by atoms with E-state index in [9.17, 15) is 4.79 Å². The average molecular weight is 345 g/mol. The number of fused-ring (bicyclic) bond motifs is 1. The molecule has 6 nitrogen and oxygen atoms in total. The fraction of sp³-hybridized carbons (Fsp3) is 0.0500. The fourth-order valence-electron chi connectivity index (χ4n) is 2.69. The lowest BCUT2D eigenvalue weighted by Crippen LogP contribution is -2.20. The van der Waals surface area contributed by atoms with Crippen LogP contribution in [0.3, 0.4) is 0 Å². The topological polar surface area (TPSA) is 69.6 Å². The third-order valence-electron chi connectivity index (χ3n) is 3.95. The van der Waals surface area contributed by atoms with Crippen LogP contribution in [0.2, 0.25) is 0 Å². The van der Waals surface area contributed by atoms with E-state index in [0.717, 1.165) is 5.56 Å². The molecule has 0 unspecified atom stereocenters. The minimum Gasteiger partial charge on any atom is -0.496 e. The number of para-hydroxylation sites is 2. The molecule has 2 aromatic heterocycles. The number of methoxy groups -OCH3 is 1. The molecule has 4 rings (SSSR count). The van der Waals surface area contributed by atoms with Crippen LogP contribution in [0.15, 0.2) is 81.2 Å². The number of hydrogen-bond acceptors (Lipinski definition) is 5. The minimum absolute atomic E-state index is 0.270. The Kier molecular flexibility index (Phi) is 4.07. The summed E-state index contributed by atoms with van der Waals surface area (Å²) in [6, 6.07) is 18.1. The summed E-state index contributed by atoms with van der Waals surface area (Å²) >= 11 is 0. The molecule has 128 valence electrons. The molecule has 26 heavy (non-hydrogen) atoms. The summed E-state index contributed by atoms with van der Waals surface area (Å²) in [6.45, 7) is 0. The second kappa shape index (κ2) is 6.68. The van der Waals surface area contributed by atoms with Gasteiger partial charge in [0.25, 0.3) is 5.56 Å². The van der Waals surface area contributed by atoms with Crippen molar-refractivity contribution in [3.05, 3.63) is 82.8 Å². The third-order valence-corrected chi connectivity index (χ3v) is 3.95. The van der Waals surface area contributed by atoms with Crippen molar-refractivity contribution in [1.29, 1.82) is 0 Å². The van der Waals surface area contributed by atoms with Crippen LogP contribution in [0.1, 0.15) is 5.56 Å². The van der Waals surface area contributed by atoms with E-state index in [2.05, 4.69) is 10.1 Å². The molecule has 0 spiro atoms. The van der Waals surface area contributed by atoms with E-state index >= 15 is 0 Å². The van der Waals surface area contributed by atoms with Crippen LogP contribution in [0, 0.1) is 0 Å². The number of hydrogen-bond donors (Lipinski definition) is 0. The lowest BCUT2D eigenvalue weighted by Gasteiger charge is -2.08. The summed E-state index contributed by atoms with van der Waals surface area (Å²) < 4.78 is 12.0. The molecule has 0 amide bonds. The first kappa shape index (κ1) is 15.8. The van der Waals surface area contributed by atoms with Crippen molar-refractivity contribution < 1.29 is 9.15 Å². The number of nitrogens with zero attached hydrogens (tertiary/aromatic N) is 3. The van der Waals surface area contributed by atoms with Crippen LogP contribution < -0.4 is 10.3 Å². The number of ether oxygens (including phenoxy) is 1. The van der Waals surface area contributed by atoms with Gasteiger partial charge in [-0.3, -0.25) is 4.79 Å². The van der Waals surface area contributed by atoms with E-state index in [1.807, 2.05) is 30.3 Å². The van der Waals surface area contributed by atoms with Crippen LogP contribution in [-0.2, 0) is 0 Å². The van der Waals surface area contributed by atoms with Crippen molar-refractivity contribution in [2.75, 3.05) is 7.11 Å². The molecule has 2 heterocycles. The third kappa shape index (κ3) is 2.77. The lowest BCUT2D eigenvalue weighted by molar-refractivity contribution is 0.414. The molecular weight excluding hydrogens is 330 g/mol. The molecule has 0 fully saturated rings. The SMILES string of the molecule is COc1ccccc1/C=N/n1c(-c2ccco2)nc2ccccc2c1=O. The summed E-state index contributed by atoms with van der Waals surface area (Å²) in [5.74, 6) is 1.47. The summed E-state index contributed by atoms with van der Waals surface area (Å²) in [5, 5.41) is 4.85. The quantitative estimate of drug-likeness (QED) is 0.530. The molecule has 0 saturated carbocycles. The molecule has 0 bridgehead atoms. The highest BCUT2D eigenvalue weighted by Crippen LogP contribution is 2.20. The van der Waals surface area contributed by atoms with Gasteiger partial charge in [0.2, 0.25) is 5.82 Å². The molecule has 0 aliphatic carbocycles. The summed E-state index contributed by atoms with van der Waals surface area (Å²) in [4.78, 5) is 17.5. The van der Waals surface area contributed by atoms with Gasteiger partial charge in [-0.05, 0) is 36.4 Å². The Bertz CT molecular complexity index is 1140. The van der Waals surface area contributed by atoms with Gasteiger partial charge in [0, 0.05) is 5.56 Å². The maximum Gasteiger partial charge on any atom is 0.282 e. The first-order chi connectivity index (χ1) is 12.8. The van der Waals surface area contributed by atoms with Gasteiger partial charge in [-0.1, -0.05) is 24.3 Å². The summed E-state index contributed by atoms with van der Waals surface area (Å²) in [6.07, 6.45) is 3.11. The van der Waals surface area contributed by atoms with E-state index in [4.69, 9.17) is 9.15 Å². The molecule has 4 aromatic rings. The number of benzene rings is 2. The summed E-state index contributed by atoms with van der Waals surface area (Å²) in [5.41, 5.74) is 1.07. The van der Waals surface area contributed by atoms with Crippen LogP contribution in [0.4, 0.5) is 0 Å². The highest BCUT2D eigenvalue weighted by atomic mass is 16.5. The largest absolute Gasteiger partial charge is 0.496 e. The predicted octanol–water partition coefficient (Wildman–Crippen LogP) is 3.55. The van der Waals surface area contributed by atoms with Crippen molar-refractivity contribution in [3.8, 4) is 17.3 Å². The number of rotatable bonds is 4. The first-order valence-corrected chi connectivity index (χ1v) is 8.01. The standard InChI is InChI=1S/C20H15N3O3/c1-25-17-10-5-2-7-14(17)13-21-23-19(18-11-6-12-26-18)22-16-9-4-3-8-15(16)20(23)24/h2-13H,1H3/b21-13+. The Morgan fingerprint density at radius 1 is 1.08 bits per heavy atom. The highest BCUT2D eigenvalue weighted by Gasteiger charge is 2.14. The van der Waals surface area contributed by atoms with Gasteiger partial charge in [0.1, 0.15) is 5.75 Å². The Morgan fingerprint density at radius 2 is 1.88 bits per heavy atom. The van der Waals surface area contributed by atoms with Gasteiger partial charge in [-0.15, -0.1) is 0 Å². The first-order valence-electron chi connectivity index (χ1n) is 8.01. The maximum absolute atomic E-state index is 13.0. The van der Waals surface area contributed by atoms with Crippen LogP contribution in [-0.4, -0.2) is 23.0 Å². The van der Waals surface area contributed by atoms with Crippen LogP contribution >= 0.6 is 0 Å². The average Bonchev–Trinajstić information content (AvgIpc) is 3.22. The van der Waals surface area contributed by atoms with Crippen LogP contribution in [0.5, 0.6) is 5.75 Å². The zero-order valence-corrected chi connectivity index (χ0v) is 14.0. The van der Waals surface area contributed by atoms with E-state index in [1.165, 1.54) is 10.9 Å². The van der Waals surface area contributed by atoms with Gasteiger partial charge in [0.05, 0.1) is 30.5 Å².